The number of pyridine rings is 1. The Morgan fingerprint density at radius 3 is 2.71 bits per heavy atom. The molecular formula is C16H16N2O3. The summed E-state index contributed by atoms with van der Waals surface area (Å²) in [4.78, 5) is 25.6. The summed E-state index contributed by atoms with van der Waals surface area (Å²) >= 11 is 0. The number of H-pyrrole nitrogens is 1. The highest BCUT2D eigenvalue weighted by Crippen LogP contribution is 2.27. The van der Waals surface area contributed by atoms with Crippen molar-refractivity contribution < 1.29 is 9.90 Å². The fourth-order valence-electron chi connectivity index (χ4n) is 2.76. The lowest BCUT2D eigenvalue weighted by Gasteiger charge is -2.19. The average molecular weight is 284 g/mol. The van der Waals surface area contributed by atoms with Crippen molar-refractivity contribution in [2.45, 2.75) is 25.7 Å². The molecule has 21 heavy (non-hydrogen) atoms. The van der Waals surface area contributed by atoms with Crippen LogP contribution in [0.2, 0.25) is 0 Å². The molecule has 0 aliphatic heterocycles. The zero-order valence-electron chi connectivity index (χ0n) is 11.5. The van der Waals surface area contributed by atoms with Crippen LogP contribution < -0.4 is 10.9 Å². The Kier molecular flexibility index (Phi) is 3.48. The van der Waals surface area contributed by atoms with Crippen LogP contribution in [0.4, 0.5) is 11.4 Å². The molecule has 108 valence electrons. The molecule has 5 heteroatoms. The van der Waals surface area contributed by atoms with E-state index in [1.54, 1.807) is 24.4 Å². The molecule has 0 radical (unpaired) electrons. The smallest absolute Gasteiger partial charge is 0.335 e. The first kappa shape index (κ1) is 13.4. The van der Waals surface area contributed by atoms with Gasteiger partial charge in [0.2, 0.25) is 0 Å². The minimum Gasteiger partial charge on any atom is -0.478 e. The summed E-state index contributed by atoms with van der Waals surface area (Å²) in [5.74, 6) is -0.956. The quantitative estimate of drug-likeness (QED) is 0.809. The lowest BCUT2D eigenvalue weighted by atomic mass is 9.92. The molecule has 0 saturated carbocycles. The van der Waals surface area contributed by atoms with Crippen LogP contribution in [0.3, 0.4) is 0 Å². The van der Waals surface area contributed by atoms with Crippen LogP contribution in [0.15, 0.2) is 35.3 Å². The van der Waals surface area contributed by atoms with E-state index in [0.29, 0.717) is 5.69 Å². The van der Waals surface area contributed by atoms with E-state index in [4.69, 9.17) is 5.11 Å². The number of hydrogen-bond acceptors (Lipinski definition) is 3. The second kappa shape index (κ2) is 5.44. The first-order valence-electron chi connectivity index (χ1n) is 6.99. The van der Waals surface area contributed by atoms with Gasteiger partial charge < -0.3 is 15.4 Å². The molecule has 1 aromatic carbocycles. The van der Waals surface area contributed by atoms with E-state index in [1.807, 2.05) is 6.07 Å². The first-order valence-corrected chi connectivity index (χ1v) is 6.99. The molecular weight excluding hydrogens is 268 g/mol. The van der Waals surface area contributed by atoms with Crippen molar-refractivity contribution in [2.75, 3.05) is 5.32 Å². The largest absolute Gasteiger partial charge is 0.478 e. The topological polar surface area (TPSA) is 82.2 Å². The predicted molar refractivity (Wildman–Crippen MR) is 80.4 cm³/mol. The third kappa shape index (κ3) is 2.67. The van der Waals surface area contributed by atoms with Crippen LogP contribution in [0.25, 0.3) is 0 Å². The number of carboxylic acids is 1. The van der Waals surface area contributed by atoms with E-state index in [2.05, 4.69) is 10.3 Å². The molecule has 0 saturated heterocycles. The van der Waals surface area contributed by atoms with Gasteiger partial charge in [0.25, 0.3) is 5.56 Å². The maximum Gasteiger partial charge on any atom is 0.335 e. The standard InChI is InChI=1S/C16H16N2O3/c19-15-13-7-2-1-6-12(13)14(9-17-15)18-11-5-3-4-10(8-11)16(20)21/h3-5,8-9,18H,1-2,6-7H2,(H,17,19)(H,20,21). The maximum absolute atomic E-state index is 11.9. The lowest BCUT2D eigenvalue weighted by molar-refractivity contribution is 0.0697. The number of aromatic carboxylic acids is 1. The number of anilines is 2. The van der Waals surface area contributed by atoms with Gasteiger partial charge in [0, 0.05) is 17.4 Å². The summed E-state index contributed by atoms with van der Waals surface area (Å²) in [5, 5.41) is 12.2. The molecule has 1 aliphatic rings. The molecule has 0 amide bonds. The van der Waals surface area contributed by atoms with Crippen molar-refractivity contribution in [1.82, 2.24) is 4.98 Å². The Labute approximate surface area is 121 Å². The van der Waals surface area contributed by atoms with Gasteiger partial charge in [0.15, 0.2) is 0 Å². The van der Waals surface area contributed by atoms with E-state index >= 15 is 0 Å². The molecule has 1 aromatic heterocycles. The minimum atomic E-state index is -0.956. The van der Waals surface area contributed by atoms with Gasteiger partial charge in [0.05, 0.1) is 11.3 Å². The highest BCUT2D eigenvalue weighted by atomic mass is 16.4. The van der Waals surface area contributed by atoms with Crippen molar-refractivity contribution in [3.8, 4) is 0 Å². The van der Waals surface area contributed by atoms with Gasteiger partial charge in [-0.25, -0.2) is 4.79 Å². The average Bonchev–Trinajstić information content (AvgIpc) is 2.51. The number of nitrogens with one attached hydrogen (secondary N) is 2. The molecule has 0 spiro atoms. The van der Waals surface area contributed by atoms with Gasteiger partial charge in [-0.2, -0.15) is 0 Å². The van der Waals surface area contributed by atoms with E-state index in [1.165, 1.54) is 0 Å². The Morgan fingerprint density at radius 2 is 1.95 bits per heavy atom. The molecule has 3 N–H and O–H groups in total. The number of benzene rings is 1. The molecule has 1 aliphatic carbocycles. The number of hydrogen-bond donors (Lipinski definition) is 3. The van der Waals surface area contributed by atoms with Gasteiger partial charge >= 0.3 is 5.97 Å². The molecule has 0 atom stereocenters. The van der Waals surface area contributed by atoms with Crippen molar-refractivity contribution in [2.24, 2.45) is 0 Å². The first-order chi connectivity index (χ1) is 10.1. The zero-order chi connectivity index (χ0) is 14.8. The molecule has 1 heterocycles. The molecule has 0 unspecified atom stereocenters. The van der Waals surface area contributed by atoms with Crippen LogP contribution >= 0.6 is 0 Å². The fourth-order valence-corrected chi connectivity index (χ4v) is 2.76. The fraction of sp³-hybridized carbons (Fsp3) is 0.250. The van der Waals surface area contributed by atoms with Crippen LogP contribution in [0.1, 0.15) is 34.3 Å². The van der Waals surface area contributed by atoms with Gasteiger partial charge in [-0.1, -0.05) is 6.07 Å². The summed E-state index contributed by atoms with van der Waals surface area (Å²) in [6.45, 7) is 0. The van der Waals surface area contributed by atoms with E-state index in [9.17, 15) is 9.59 Å². The van der Waals surface area contributed by atoms with Gasteiger partial charge in [-0.3, -0.25) is 4.79 Å². The van der Waals surface area contributed by atoms with E-state index in [0.717, 1.165) is 42.5 Å². The highest BCUT2D eigenvalue weighted by Gasteiger charge is 2.16. The summed E-state index contributed by atoms with van der Waals surface area (Å²) in [6.07, 6.45) is 5.45. The van der Waals surface area contributed by atoms with Crippen molar-refractivity contribution in [3.05, 3.63) is 57.5 Å². The summed E-state index contributed by atoms with van der Waals surface area (Å²) in [6, 6.07) is 6.65. The second-order valence-corrected chi connectivity index (χ2v) is 5.21. The van der Waals surface area contributed by atoms with Crippen LogP contribution in [0.5, 0.6) is 0 Å². The Morgan fingerprint density at radius 1 is 1.19 bits per heavy atom. The van der Waals surface area contributed by atoms with Gasteiger partial charge in [-0.05, 0) is 49.4 Å². The molecule has 0 fully saturated rings. The third-order valence-electron chi connectivity index (χ3n) is 3.80. The number of carbonyl (C=O) groups is 1. The van der Waals surface area contributed by atoms with E-state index < -0.39 is 5.97 Å². The normalized spacial score (nSPS) is 13.5. The lowest BCUT2D eigenvalue weighted by Crippen LogP contribution is -2.20. The number of aromatic amines is 1. The van der Waals surface area contributed by atoms with Crippen LogP contribution in [-0.2, 0) is 12.8 Å². The summed E-state index contributed by atoms with van der Waals surface area (Å²) in [7, 11) is 0. The van der Waals surface area contributed by atoms with Crippen LogP contribution in [-0.4, -0.2) is 16.1 Å². The SMILES string of the molecule is O=C(O)c1cccc(Nc2c[nH]c(=O)c3c2CCCC3)c1. The maximum atomic E-state index is 11.9. The minimum absolute atomic E-state index is 0.0189. The Hall–Kier alpha value is -2.56. The van der Waals surface area contributed by atoms with Gasteiger partial charge in [-0.15, -0.1) is 0 Å². The number of aromatic nitrogens is 1. The summed E-state index contributed by atoms with van der Waals surface area (Å²) in [5.41, 5.74) is 3.67. The number of rotatable bonds is 3. The molecule has 2 aromatic rings. The second-order valence-electron chi connectivity index (χ2n) is 5.21. The molecule has 5 nitrogen and oxygen atoms in total. The molecule has 0 bridgehead atoms. The number of carboxylic acid groups (broad SMARTS) is 1. The third-order valence-corrected chi connectivity index (χ3v) is 3.80. The Bertz CT molecular complexity index is 749. The monoisotopic (exact) mass is 284 g/mol. The predicted octanol–water partition coefficient (Wildman–Crippen LogP) is 2.70. The number of fused-ring (bicyclic) bond motifs is 1. The highest BCUT2D eigenvalue weighted by molar-refractivity contribution is 5.89. The summed E-state index contributed by atoms with van der Waals surface area (Å²) < 4.78 is 0. The Balaban J connectivity index is 1.97. The van der Waals surface area contributed by atoms with Crippen molar-refractivity contribution in [3.63, 3.8) is 0 Å². The zero-order valence-corrected chi connectivity index (χ0v) is 11.5. The molecule has 3 rings (SSSR count). The van der Waals surface area contributed by atoms with Crippen molar-refractivity contribution >= 4 is 17.3 Å². The van der Waals surface area contributed by atoms with Crippen molar-refractivity contribution in [1.29, 1.82) is 0 Å². The van der Waals surface area contributed by atoms with E-state index in [-0.39, 0.29) is 11.1 Å². The van der Waals surface area contributed by atoms with Crippen LogP contribution in [0, 0.1) is 0 Å². The van der Waals surface area contributed by atoms with Gasteiger partial charge in [0.1, 0.15) is 0 Å².